The van der Waals surface area contributed by atoms with E-state index in [2.05, 4.69) is 10.3 Å². The predicted molar refractivity (Wildman–Crippen MR) is 106 cm³/mol. The van der Waals surface area contributed by atoms with Crippen LogP contribution in [0.5, 0.6) is 0 Å². The molecule has 12 heteroatoms. The average molecular weight is 425 g/mol. The van der Waals surface area contributed by atoms with Crippen molar-refractivity contribution in [2.75, 3.05) is 44.3 Å². The summed E-state index contributed by atoms with van der Waals surface area (Å²) in [5.41, 5.74) is 1.12. The number of thiazole rings is 1. The molecule has 2 heterocycles. The van der Waals surface area contributed by atoms with Crippen molar-refractivity contribution in [1.82, 2.24) is 14.2 Å². The number of aromatic nitrogens is 1. The fraction of sp³-hybridized carbons (Fsp3) is 0.375. The molecule has 0 atom stereocenters. The first-order chi connectivity index (χ1) is 13.2. The predicted octanol–water partition coefficient (Wildman–Crippen LogP) is 1.23. The number of sulfonamides is 1. The lowest BCUT2D eigenvalue weighted by Gasteiger charge is -2.32. The summed E-state index contributed by atoms with van der Waals surface area (Å²) in [4.78, 5) is 28.9. The topological polar surface area (TPSA) is 126 Å². The third-order valence-corrected chi connectivity index (χ3v) is 6.33. The molecule has 3 rings (SSSR count). The first-order valence-corrected chi connectivity index (χ1v) is 11.1. The molecule has 1 aromatic heterocycles. The van der Waals surface area contributed by atoms with Crippen molar-refractivity contribution in [3.63, 3.8) is 0 Å². The van der Waals surface area contributed by atoms with Crippen LogP contribution in [0.2, 0.25) is 0 Å². The summed E-state index contributed by atoms with van der Waals surface area (Å²) in [5.74, 6) is -0.243. The molecule has 0 unspecified atom stereocenters. The number of non-ortho nitro benzene ring substituents is 1. The summed E-state index contributed by atoms with van der Waals surface area (Å²) in [7, 11) is -3.20. The van der Waals surface area contributed by atoms with E-state index in [1.807, 2.05) is 4.90 Å². The van der Waals surface area contributed by atoms with Crippen molar-refractivity contribution in [3.8, 4) is 11.3 Å². The summed E-state index contributed by atoms with van der Waals surface area (Å²) in [6, 6.07) is 6.14. The molecule has 1 aliphatic heterocycles. The van der Waals surface area contributed by atoms with Crippen molar-refractivity contribution < 1.29 is 18.1 Å². The molecule has 0 bridgehead atoms. The fourth-order valence-corrected chi connectivity index (χ4v) is 4.39. The number of nitrogens with one attached hydrogen (secondary N) is 1. The molecule has 1 amide bonds. The number of amides is 1. The average Bonchev–Trinajstić information content (AvgIpc) is 3.10. The Morgan fingerprint density at radius 1 is 1.32 bits per heavy atom. The normalized spacial score (nSPS) is 16.0. The quantitative estimate of drug-likeness (QED) is 0.545. The highest BCUT2D eigenvalue weighted by molar-refractivity contribution is 7.88. The lowest BCUT2D eigenvalue weighted by molar-refractivity contribution is -0.384. The van der Waals surface area contributed by atoms with Crippen LogP contribution in [-0.4, -0.2) is 72.4 Å². The summed E-state index contributed by atoms with van der Waals surface area (Å²) in [6.45, 7) is 1.83. The number of piperazine rings is 1. The van der Waals surface area contributed by atoms with Crippen molar-refractivity contribution in [2.45, 2.75) is 0 Å². The molecular formula is C16H19N5O5S2. The second-order valence-corrected chi connectivity index (χ2v) is 9.17. The van der Waals surface area contributed by atoms with Gasteiger partial charge in [0.05, 0.1) is 23.4 Å². The zero-order valence-corrected chi connectivity index (χ0v) is 16.7. The van der Waals surface area contributed by atoms with E-state index in [1.165, 1.54) is 34.0 Å². The van der Waals surface area contributed by atoms with Crippen molar-refractivity contribution in [1.29, 1.82) is 0 Å². The highest BCUT2D eigenvalue weighted by Gasteiger charge is 2.24. The van der Waals surface area contributed by atoms with E-state index < -0.39 is 14.9 Å². The summed E-state index contributed by atoms with van der Waals surface area (Å²) in [6.07, 6.45) is 1.18. The molecule has 10 nitrogen and oxygen atoms in total. The van der Waals surface area contributed by atoms with Crippen LogP contribution in [0.15, 0.2) is 29.6 Å². The molecule has 1 fully saturated rings. The van der Waals surface area contributed by atoms with Crippen LogP contribution in [-0.2, 0) is 14.8 Å². The number of hydrogen-bond donors (Lipinski definition) is 1. The molecule has 150 valence electrons. The second-order valence-electron chi connectivity index (χ2n) is 6.33. The van der Waals surface area contributed by atoms with Gasteiger partial charge in [-0.1, -0.05) is 12.1 Å². The number of carbonyl (C=O) groups is 1. The van der Waals surface area contributed by atoms with Crippen LogP contribution in [0.3, 0.4) is 0 Å². The third kappa shape index (κ3) is 5.10. The van der Waals surface area contributed by atoms with E-state index in [4.69, 9.17) is 0 Å². The number of carbonyl (C=O) groups excluding carboxylic acids is 1. The molecule has 1 saturated heterocycles. The van der Waals surface area contributed by atoms with E-state index >= 15 is 0 Å². The Balaban J connectivity index is 1.56. The second kappa shape index (κ2) is 8.31. The molecule has 0 spiro atoms. The molecule has 0 aliphatic carbocycles. The van der Waals surface area contributed by atoms with Crippen molar-refractivity contribution in [2.24, 2.45) is 0 Å². The first-order valence-electron chi connectivity index (χ1n) is 8.40. The standard InChI is InChI=1S/C16H19N5O5S2/c1-28(25,26)20-7-5-19(6-8-20)10-15(22)18-16-17-14(11-27-16)12-3-2-4-13(9-12)21(23)24/h2-4,9,11H,5-8,10H2,1H3,(H,17,18,22). The molecule has 1 N–H and O–H groups in total. The number of hydrogen-bond acceptors (Lipinski definition) is 8. The minimum Gasteiger partial charge on any atom is -0.301 e. The van der Waals surface area contributed by atoms with Gasteiger partial charge in [0.1, 0.15) is 0 Å². The highest BCUT2D eigenvalue weighted by atomic mass is 32.2. The lowest BCUT2D eigenvalue weighted by atomic mass is 10.1. The number of rotatable bonds is 6. The summed E-state index contributed by atoms with van der Waals surface area (Å²) < 4.78 is 24.4. The Kier molecular flexibility index (Phi) is 6.03. The monoisotopic (exact) mass is 425 g/mol. The van der Waals surface area contributed by atoms with Crippen LogP contribution in [0.25, 0.3) is 11.3 Å². The van der Waals surface area contributed by atoms with E-state index in [9.17, 15) is 23.3 Å². The lowest BCUT2D eigenvalue weighted by Crippen LogP contribution is -2.50. The molecule has 0 saturated carbocycles. The van der Waals surface area contributed by atoms with Gasteiger partial charge in [-0.25, -0.2) is 13.4 Å². The Morgan fingerprint density at radius 2 is 2.04 bits per heavy atom. The molecule has 1 aliphatic rings. The Morgan fingerprint density at radius 3 is 2.68 bits per heavy atom. The Labute approximate surface area is 166 Å². The van der Waals surface area contributed by atoms with Gasteiger partial charge in [-0.2, -0.15) is 4.31 Å². The summed E-state index contributed by atoms with van der Waals surface area (Å²) in [5, 5.41) is 15.7. The molecule has 1 aromatic carbocycles. The van der Waals surface area contributed by atoms with E-state index in [1.54, 1.807) is 17.5 Å². The van der Waals surface area contributed by atoms with Gasteiger partial charge in [-0.15, -0.1) is 11.3 Å². The third-order valence-electron chi connectivity index (χ3n) is 4.27. The molecule has 0 radical (unpaired) electrons. The maximum Gasteiger partial charge on any atom is 0.270 e. The molecule has 28 heavy (non-hydrogen) atoms. The van der Waals surface area contributed by atoms with Crippen LogP contribution in [0, 0.1) is 10.1 Å². The van der Waals surface area contributed by atoms with Crippen molar-refractivity contribution in [3.05, 3.63) is 39.8 Å². The van der Waals surface area contributed by atoms with Crippen molar-refractivity contribution >= 4 is 38.1 Å². The largest absolute Gasteiger partial charge is 0.301 e. The fourth-order valence-electron chi connectivity index (χ4n) is 2.82. The van der Waals surface area contributed by atoms with Gasteiger partial charge in [-0.05, 0) is 0 Å². The Hall–Kier alpha value is -2.41. The van der Waals surface area contributed by atoms with E-state index in [-0.39, 0.29) is 18.1 Å². The van der Waals surface area contributed by atoms with Gasteiger partial charge in [0.2, 0.25) is 15.9 Å². The zero-order valence-electron chi connectivity index (χ0n) is 15.1. The van der Waals surface area contributed by atoms with Crippen LogP contribution in [0.4, 0.5) is 10.8 Å². The van der Waals surface area contributed by atoms with Crippen LogP contribution >= 0.6 is 11.3 Å². The van der Waals surface area contributed by atoms with Gasteiger partial charge < -0.3 is 5.32 Å². The van der Waals surface area contributed by atoms with E-state index in [0.717, 1.165) is 0 Å². The summed E-state index contributed by atoms with van der Waals surface area (Å²) >= 11 is 1.23. The van der Waals surface area contributed by atoms with Gasteiger partial charge in [0.25, 0.3) is 5.69 Å². The number of nitro benzene ring substituents is 1. The van der Waals surface area contributed by atoms with Crippen LogP contribution < -0.4 is 5.32 Å². The number of nitrogens with zero attached hydrogens (tertiary/aromatic N) is 4. The minimum atomic E-state index is -3.20. The zero-order chi connectivity index (χ0) is 20.3. The molecule has 2 aromatic rings. The highest BCUT2D eigenvalue weighted by Crippen LogP contribution is 2.27. The maximum absolute atomic E-state index is 12.2. The maximum atomic E-state index is 12.2. The number of anilines is 1. The number of nitro groups is 1. The smallest absolute Gasteiger partial charge is 0.270 e. The van der Waals surface area contributed by atoms with Gasteiger partial charge >= 0.3 is 0 Å². The number of benzene rings is 1. The van der Waals surface area contributed by atoms with Gasteiger partial charge in [0.15, 0.2) is 5.13 Å². The van der Waals surface area contributed by atoms with E-state index in [0.29, 0.717) is 42.6 Å². The minimum absolute atomic E-state index is 0.0238. The Bertz CT molecular complexity index is 983. The van der Waals surface area contributed by atoms with Crippen LogP contribution in [0.1, 0.15) is 0 Å². The first kappa shape index (κ1) is 20.3. The SMILES string of the molecule is CS(=O)(=O)N1CCN(CC(=O)Nc2nc(-c3cccc([N+](=O)[O-])c3)cs2)CC1. The van der Waals surface area contributed by atoms with Gasteiger partial charge in [-0.3, -0.25) is 19.8 Å². The van der Waals surface area contributed by atoms with Gasteiger partial charge in [0, 0.05) is 49.3 Å². The molecular weight excluding hydrogens is 406 g/mol.